The zero-order chi connectivity index (χ0) is 17.8. The maximum Gasteiger partial charge on any atom is 0.251 e. The maximum atomic E-state index is 12.8. The van der Waals surface area contributed by atoms with Crippen molar-refractivity contribution in [2.45, 2.75) is 51.0 Å². The van der Waals surface area contributed by atoms with Crippen molar-refractivity contribution < 1.29 is 9.32 Å². The van der Waals surface area contributed by atoms with Crippen molar-refractivity contribution in [3.05, 3.63) is 54.1 Å². The van der Waals surface area contributed by atoms with Crippen LogP contribution < -0.4 is 5.32 Å². The molecule has 0 atom stereocenters. The molecule has 1 amide bonds. The molecule has 4 rings (SSSR count). The Labute approximate surface area is 153 Å². The highest BCUT2D eigenvalue weighted by Gasteiger charge is 2.17. The zero-order valence-corrected chi connectivity index (χ0v) is 14.9. The van der Waals surface area contributed by atoms with E-state index in [0.717, 1.165) is 29.3 Å². The molecule has 3 aromatic rings. The predicted molar refractivity (Wildman–Crippen MR) is 103 cm³/mol. The quantitative estimate of drug-likeness (QED) is 0.695. The molecule has 4 heteroatoms. The van der Waals surface area contributed by atoms with E-state index in [9.17, 15) is 4.79 Å². The number of carbonyl (C=O) groups excluding carboxylic acids is 1. The summed E-state index contributed by atoms with van der Waals surface area (Å²) in [4.78, 5) is 12.8. The van der Waals surface area contributed by atoms with E-state index in [1.165, 1.54) is 32.1 Å². The summed E-state index contributed by atoms with van der Waals surface area (Å²) < 4.78 is 5.53. The number of amides is 1. The first-order chi connectivity index (χ1) is 12.8. The average Bonchev–Trinajstić information content (AvgIpc) is 3.07. The molecule has 0 spiro atoms. The minimum Gasteiger partial charge on any atom is -0.355 e. The molecule has 1 aromatic heterocycles. The Kier molecular flexibility index (Phi) is 5.00. The number of nitrogens with one attached hydrogen (secondary N) is 1. The maximum absolute atomic E-state index is 12.8. The Morgan fingerprint density at radius 3 is 2.46 bits per heavy atom. The lowest BCUT2D eigenvalue weighted by molar-refractivity contribution is 0.0930. The van der Waals surface area contributed by atoms with Crippen molar-refractivity contribution in [3.8, 4) is 11.3 Å². The van der Waals surface area contributed by atoms with Crippen molar-refractivity contribution in [1.29, 1.82) is 0 Å². The van der Waals surface area contributed by atoms with Crippen LogP contribution in [0.1, 0.15) is 55.3 Å². The zero-order valence-electron chi connectivity index (χ0n) is 14.9. The molecule has 0 radical (unpaired) electrons. The second-order valence-electron chi connectivity index (χ2n) is 7.13. The van der Waals surface area contributed by atoms with E-state index in [1.807, 2.05) is 48.5 Å². The molecule has 1 N–H and O–H groups in total. The molecule has 1 heterocycles. The molecule has 0 unspecified atom stereocenters. The smallest absolute Gasteiger partial charge is 0.251 e. The molecule has 1 aliphatic carbocycles. The summed E-state index contributed by atoms with van der Waals surface area (Å²) in [6.45, 7) is 0. The summed E-state index contributed by atoms with van der Waals surface area (Å²) in [6.07, 6.45) is 8.45. The highest BCUT2D eigenvalue weighted by atomic mass is 16.5. The van der Waals surface area contributed by atoms with Gasteiger partial charge in [0.2, 0.25) is 0 Å². The topological polar surface area (TPSA) is 55.1 Å². The summed E-state index contributed by atoms with van der Waals surface area (Å²) in [5.41, 5.74) is 2.40. The van der Waals surface area contributed by atoms with Gasteiger partial charge in [-0.15, -0.1) is 0 Å². The van der Waals surface area contributed by atoms with Crippen LogP contribution in [-0.2, 0) is 0 Å². The van der Waals surface area contributed by atoms with Gasteiger partial charge in [-0.05, 0) is 31.0 Å². The van der Waals surface area contributed by atoms with Gasteiger partial charge in [0.05, 0.1) is 5.39 Å². The minimum absolute atomic E-state index is 0.00214. The monoisotopic (exact) mass is 348 g/mol. The summed E-state index contributed by atoms with van der Waals surface area (Å²) >= 11 is 0. The molecule has 4 nitrogen and oxygen atoms in total. The molecule has 1 saturated carbocycles. The number of nitrogens with zero attached hydrogens (tertiary/aromatic N) is 1. The fraction of sp³-hybridized carbons (Fsp3) is 0.364. The van der Waals surface area contributed by atoms with Crippen molar-refractivity contribution in [1.82, 2.24) is 10.5 Å². The Bertz CT molecular complexity index is 878. The number of benzene rings is 2. The van der Waals surface area contributed by atoms with E-state index in [1.54, 1.807) is 0 Å². The molecule has 0 saturated heterocycles. The predicted octanol–water partition coefficient (Wildman–Crippen LogP) is 5.34. The highest BCUT2D eigenvalue weighted by Crippen LogP contribution is 2.29. The third-order valence-electron chi connectivity index (χ3n) is 5.22. The van der Waals surface area contributed by atoms with Gasteiger partial charge in [-0.1, -0.05) is 67.6 Å². The Balaban J connectivity index is 1.57. The van der Waals surface area contributed by atoms with Gasteiger partial charge in [0, 0.05) is 17.2 Å². The number of fused-ring (bicyclic) bond motifs is 1. The summed E-state index contributed by atoms with van der Waals surface area (Å²) in [5, 5.41) is 8.23. The lowest BCUT2D eigenvalue weighted by Gasteiger charge is -2.21. The molecule has 26 heavy (non-hydrogen) atoms. The Morgan fingerprint density at radius 2 is 1.69 bits per heavy atom. The van der Waals surface area contributed by atoms with Crippen LogP contribution >= 0.6 is 0 Å². The van der Waals surface area contributed by atoms with Crippen LogP contribution in [0.3, 0.4) is 0 Å². The molecule has 0 aliphatic heterocycles. The van der Waals surface area contributed by atoms with Crippen LogP contribution in [0, 0.1) is 0 Å². The van der Waals surface area contributed by atoms with E-state index < -0.39 is 0 Å². The Hall–Kier alpha value is -2.62. The second kappa shape index (κ2) is 7.73. The third kappa shape index (κ3) is 3.64. The van der Waals surface area contributed by atoms with Gasteiger partial charge >= 0.3 is 0 Å². The van der Waals surface area contributed by atoms with Crippen molar-refractivity contribution in [2.75, 3.05) is 0 Å². The van der Waals surface area contributed by atoms with Crippen molar-refractivity contribution in [2.24, 2.45) is 0 Å². The van der Waals surface area contributed by atoms with E-state index in [0.29, 0.717) is 11.3 Å². The largest absolute Gasteiger partial charge is 0.355 e. The molecular formula is C22H24N2O2. The van der Waals surface area contributed by atoms with Gasteiger partial charge in [-0.2, -0.15) is 0 Å². The molecule has 1 aliphatic rings. The van der Waals surface area contributed by atoms with Crippen LogP contribution in [0.2, 0.25) is 0 Å². The standard InChI is InChI=1S/C22H24N2O2/c25-22(23-18-11-7-2-1-3-8-12-18)17-13-14-20-19(15-17)21(26-24-20)16-9-5-4-6-10-16/h4-6,9-10,13-15,18H,1-3,7-8,11-12H2,(H,23,25). The first kappa shape index (κ1) is 16.8. The summed E-state index contributed by atoms with van der Waals surface area (Å²) in [6, 6.07) is 15.7. The van der Waals surface area contributed by atoms with E-state index in [-0.39, 0.29) is 11.9 Å². The number of hydrogen-bond acceptors (Lipinski definition) is 3. The SMILES string of the molecule is O=C(NC1CCCCCCC1)c1ccc2noc(-c3ccccc3)c2c1. The van der Waals surface area contributed by atoms with Crippen molar-refractivity contribution in [3.63, 3.8) is 0 Å². The second-order valence-corrected chi connectivity index (χ2v) is 7.13. The fourth-order valence-electron chi connectivity index (χ4n) is 3.75. The first-order valence-corrected chi connectivity index (χ1v) is 9.57. The number of aromatic nitrogens is 1. The van der Waals surface area contributed by atoms with Crippen LogP contribution in [-0.4, -0.2) is 17.1 Å². The lowest BCUT2D eigenvalue weighted by atomic mass is 9.96. The van der Waals surface area contributed by atoms with Gasteiger partial charge in [0.15, 0.2) is 5.76 Å². The van der Waals surface area contributed by atoms with E-state index >= 15 is 0 Å². The molecule has 0 bridgehead atoms. The fourth-order valence-corrected chi connectivity index (χ4v) is 3.75. The van der Waals surface area contributed by atoms with Gasteiger partial charge in [0.25, 0.3) is 5.91 Å². The highest BCUT2D eigenvalue weighted by molar-refractivity contribution is 6.01. The molecule has 2 aromatic carbocycles. The van der Waals surface area contributed by atoms with Crippen LogP contribution in [0.4, 0.5) is 0 Å². The van der Waals surface area contributed by atoms with E-state index in [4.69, 9.17) is 4.52 Å². The molecule has 134 valence electrons. The summed E-state index contributed by atoms with van der Waals surface area (Å²) in [5.74, 6) is 0.707. The van der Waals surface area contributed by atoms with Gasteiger partial charge < -0.3 is 9.84 Å². The van der Waals surface area contributed by atoms with Gasteiger partial charge in [0.1, 0.15) is 5.52 Å². The number of rotatable bonds is 3. The lowest BCUT2D eigenvalue weighted by Crippen LogP contribution is -2.35. The van der Waals surface area contributed by atoms with Crippen LogP contribution in [0.25, 0.3) is 22.2 Å². The minimum atomic E-state index is -0.00214. The summed E-state index contributed by atoms with van der Waals surface area (Å²) in [7, 11) is 0. The number of hydrogen-bond donors (Lipinski definition) is 1. The van der Waals surface area contributed by atoms with Gasteiger partial charge in [-0.25, -0.2) is 0 Å². The van der Waals surface area contributed by atoms with Crippen LogP contribution in [0.5, 0.6) is 0 Å². The Morgan fingerprint density at radius 1 is 0.962 bits per heavy atom. The van der Waals surface area contributed by atoms with E-state index in [2.05, 4.69) is 10.5 Å². The number of carbonyl (C=O) groups is 1. The first-order valence-electron chi connectivity index (χ1n) is 9.57. The van der Waals surface area contributed by atoms with Crippen LogP contribution in [0.15, 0.2) is 53.1 Å². The van der Waals surface area contributed by atoms with Crippen molar-refractivity contribution >= 4 is 16.8 Å². The molecule has 1 fully saturated rings. The third-order valence-corrected chi connectivity index (χ3v) is 5.22. The normalized spacial score (nSPS) is 16.2. The van der Waals surface area contributed by atoms with Gasteiger partial charge in [-0.3, -0.25) is 4.79 Å². The molecular weight excluding hydrogens is 324 g/mol. The average molecular weight is 348 g/mol.